The summed E-state index contributed by atoms with van der Waals surface area (Å²) in [6, 6.07) is 3.59. The molecule has 2 bridgehead atoms. The van der Waals surface area contributed by atoms with Crippen molar-refractivity contribution < 1.29 is 14.2 Å². The molecular weight excluding hydrogens is 290 g/mol. The van der Waals surface area contributed by atoms with E-state index in [0.29, 0.717) is 30.9 Å². The first kappa shape index (κ1) is 13.9. The second-order valence-corrected chi connectivity index (χ2v) is 6.88. The standard InChI is InChI=1S/C16H20ClNO3/c17-14-7-6-13(8-18-14)16-19-9-15(10-20-16,11-21-16)12-4-2-1-3-5-12/h6-8,12H,1-5,9-11H2. The molecule has 0 unspecified atom stereocenters. The lowest BCUT2D eigenvalue weighted by atomic mass is 9.69. The van der Waals surface area contributed by atoms with Gasteiger partial charge in [-0.2, -0.15) is 0 Å². The largest absolute Gasteiger partial charge is 0.323 e. The van der Waals surface area contributed by atoms with Crippen LogP contribution in [-0.4, -0.2) is 24.8 Å². The lowest BCUT2D eigenvalue weighted by Gasteiger charge is -2.55. The van der Waals surface area contributed by atoms with Crippen LogP contribution in [0.5, 0.6) is 0 Å². The number of nitrogens with zero attached hydrogens (tertiary/aromatic N) is 1. The normalized spacial score (nSPS) is 36.8. The average molecular weight is 310 g/mol. The van der Waals surface area contributed by atoms with Gasteiger partial charge in [0.1, 0.15) is 5.15 Å². The van der Waals surface area contributed by atoms with E-state index in [0.717, 1.165) is 5.56 Å². The van der Waals surface area contributed by atoms with Crippen LogP contribution in [0.25, 0.3) is 0 Å². The van der Waals surface area contributed by atoms with Crippen LogP contribution in [0, 0.1) is 11.3 Å². The third kappa shape index (κ3) is 2.29. The van der Waals surface area contributed by atoms with Gasteiger partial charge < -0.3 is 14.2 Å². The third-order valence-electron chi connectivity index (χ3n) is 5.20. The van der Waals surface area contributed by atoms with E-state index >= 15 is 0 Å². The van der Waals surface area contributed by atoms with Crippen LogP contribution in [0.3, 0.4) is 0 Å². The fourth-order valence-electron chi connectivity index (χ4n) is 3.84. The molecule has 4 nitrogen and oxygen atoms in total. The number of aromatic nitrogens is 1. The molecule has 4 aliphatic rings. The van der Waals surface area contributed by atoms with Crippen molar-refractivity contribution in [3.8, 4) is 0 Å². The zero-order chi connectivity index (χ0) is 14.3. The van der Waals surface area contributed by atoms with Crippen LogP contribution in [-0.2, 0) is 20.2 Å². The number of rotatable bonds is 2. The summed E-state index contributed by atoms with van der Waals surface area (Å²) in [4.78, 5) is 4.10. The smallest absolute Gasteiger partial charge is 0.313 e. The molecule has 0 amide bonds. The lowest BCUT2D eigenvalue weighted by molar-refractivity contribution is -0.486. The number of ether oxygens (including phenoxy) is 3. The summed E-state index contributed by atoms with van der Waals surface area (Å²) >= 11 is 5.84. The van der Waals surface area contributed by atoms with Gasteiger partial charge in [-0.05, 0) is 30.9 Å². The molecule has 4 fully saturated rings. The highest BCUT2D eigenvalue weighted by atomic mass is 35.5. The first-order valence-electron chi connectivity index (χ1n) is 7.76. The molecule has 3 aliphatic heterocycles. The number of halogens is 1. The van der Waals surface area contributed by atoms with Gasteiger partial charge in [0, 0.05) is 11.6 Å². The van der Waals surface area contributed by atoms with Gasteiger partial charge in [-0.25, -0.2) is 4.98 Å². The Bertz CT molecular complexity index is 488. The number of fused-ring (bicyclic) bond motifs is 3. The molecule has 1 aliphatic carbocycles. The van der Waals surface area contributed by atoms with Gasteiger partial charge in [-0.1, -0.05) is 30.9 Å². The highest BCUT2D eigenvalue weighted by molar-refractivity contribution is 6.29. The van der Waals surface area contributed by atoms with Crippen LogP contribution < -0.4 is 0 Å². The van der Waals surface area contributed by atoms with Crippen molar-refractivity contribution in [1.82, 2.24) is 4.98 Å². The molecule has 5 rings (SSSR count). The van der Waals surface area contributed by atoms with Crippen LogP contribution in [0.1, 0.15) is 37.7 Å². The molecule has 4 heterocycles. The second-order valence-electron chi connectivity index (χ2n) is 6.49. The topological polar surface area (TPSA) is 40.6 Å². The first-order chi connectivity index (χ1) is 10.2. The van der Waals surface area contributed by atoms with Gasteiger partial charge in [0.05, 0.1) is 25.4 Å². The molecule has 1 aromatic heterocycles. The van der Waals surface area contributed by atoms with Crippen molar-refractivity contribution in [3.63, 3.8) is 0 Å². The van der Waals surface area contributed by atoms with Crippen molar-refractivity contribution in [1.29, 1.82) is 0 Å². The van der Waals surface area contributed by atoms with E-state index in [1.165, 1.54) is 32.1 Å². The molecule has 5 heteroatoms. The van der Waals surface area contributed by atoms with E-state index in [2.05, 4.69) is 4.98 Å². The quantitative estimate of drug-likeness (QED) is 0.784. The maximum atomic E-state index is 6.02. The highest BCUT2D eigenvalue weighted by Gasteiger charge is 2.56. The van der Waals surface area contributed by atoms with Crippen molar-refractivity contribution in [2.75, 3.05) is 19.8 Å². The molecule has 0 spiro atoms. The summed E-state index contributed by atoms with van der Waals surface area (Å²) < 4.78 is 18.1. The van der Waals surface area contributed by atoms with Crippen LogP contribution >= 0.6 is 11.6 Å². The fourth-order valence-corrected chi connectivity index (χ4v) is 3.95. The Morgan fingerprint density at radius 2 is 1.67 bits per heavy atom. The summed E-state index contributed by atoms with van der Waals surface area (Å²) in [5.74, 6) is -0.415. The fraction of sp³-hybridized carbons (Fsp3) is 0.688. The molecule has 21 heavy (non-hydrogen) atoms. The van der Waals surface area contributed by atoms with E-state index in [9.17, 15) is 0 Å². The summed E-state index contributed by atoms with van der Waals surface area (Å²) in [5.41, 5.74) is 0.825. The third-order valence-corrected chi connectivity index (χ3v) is 5.42. The SMILES string of the molecule is Clc1ccc(C23OCC(C4CCCCC4)(CO2)CO3)cn1. The van der Waals surface area contributed by atoms with Crippen molar-refractivity contribution in [2.24, 2.45) is 11.3 Å². The summed E-state index contributed by atoms with van der Waals surface area (Å²) in [6.07, 6.45) is 8.20. The Balaban J connectivity index is 1.53. The maximum absolute atomic E-state index is 6.02. The monoisotopic (exact) mass is 309 g/mol. The average Bonchev–Trinajstić information content (AvgIpc) is 2.58. The molecule has 1 aromatic rings. The molecule has 0 radical (unpaired) electrons. The van der Waals surface area contributed by atoms with Gasteiger partial charge in [-0.15, -0.1) is 0 Å². The zero-order valence-corrected chi connectivity index (χ0v) is 12.8. The van der Waals surface area contributed by atoms with Gasteiger partial charge in [0.2, 0.25) is 0 Å². The van der Waals surface area contributed by atoms with Gasteiger partial charge in [0.25, 0.3) is 0 Å². The van der Waals surface area contributed by atoms with Crippen molar-refractivity contribution >= 4 is 11.6 Å². The minimum atomic E-state index is -1.08. The van der Waals surface area contributed by atoms with E-state index in [4.69, 9.17) is 25.8 Å². The van der Waals surface area contributed by atoms with Crippen LogP contribution in [0.15, 0.2) is 18.3 Å². The van der Waals surface area contributed by atoms with Crippen LogP contribution in [0.4, 0.5) is 0 Å². The molecule has 0 N–H and O–H groups in total. The molecule has 0 atom stereocenters. The van der Waals surface area contributed by atoms with Crippen LogP contribution in [0.2, 0.25) is 5.15 Å². The zero-order valence-electron chi connectivity index (χ0n) is 12.0. The number of hydrogen-bond acceptors (Lipinski definition) is 4. The maximum Gasteiger partial charge on any atom is 0.313 e. The van der Waals surface area contributed by atoms with Gasteiger partial charge in [0.15, 0.2) is 0 Å². The van der Waals surface area contributed by atoms with E-state index < -0.39 is 5.97 Å². The Morgan fingerprint density at radius 3 is 2.24 bits per heavy atom. The molecule has 1 saturated carbocycles. The number of hydrogen-bond donors (Lipinski definition) is 0. The predicted octanol–water partition coefficient (Wildman–Crippen LogP) is 3.49. The van der Waals surface area contributed by atoms with E-state index in [1.54, 1.807) is 12.3 Å². The van der Waals surface area contributed by atoms with Crippen molar-refractivity contribution in [2.45, 2.75) is 38.1 Å². The molecular formula is C16H20ClNO3. The minimum absolute atomic E-state index is 0.0437. The minimum Gasteiger partial charge on any atom is -0.323 e. The Labute approximate surface area is 129 Å². The molecule has 114 valence electrons. The summed E-state index contributed by atoms with van der Waals surface area (Å²) in [6.45, 7) is 2.13. The summed E-state index contributed by atoms with van der Waals surface area (Å²) in [7, 11) is 0. The van der Waals surface area contributed by atoms with Gasteiger partial charge >= 0.3 is 5.97 Å². The number of pyridine rings is 1. The van der Waals surface area contributed by atoms with Crippen molar-refractivity contribution in [3.05, 3.63) is 29.0 Å². The summed E-state index contributed by atoms with van der Waals surface area (Å²) in [5, 5.41) is 0.457. The predicted molar refractivity (Wildman–Crippen MR) is 77.8 cm³/mol. The Hall–Kier alpha value is -0.680. The first-order valence-corrected chi connectivity index (χ1v) is 8.14. The second kappa shape index (κ2) is 5.20. The van der Waals surface area contributed by atoms with E-state index in [1.807, 2.05) is 6.07 Å². The highest BCUT2D eigenvalue weighted by Crippen LogP contribution is 2.50. The Morgan fingerprint density at radius 1 is 1.00 bits per heavy atom. The van der Waals surface area contributed by atoms with E-state index in [-0.39, 0.29) is 5.41 Å². The molecule has 0 aromatic carbocycles. The van der Waals surface area contributed by atoms with Gasteiger partial charge in [-0.3, -0.25) is 0 Å². The lowest BCUT2D eigenvalue weighted by Crippen LogP contribution is -2.61. The Kier molecular flexibility index (Phi) is 3.45. The molecule has 3 saturated heterocycles.